The summed E-state index contributed by atoms with van der Waals surface area (Å²) in [6.07, 6.45) is 0. The van der Waals surface area contributed by atoms with E-state index in [9.17, 15) is 9.59 Å². The number of carboxylic acid groups (broad SMARTS) is 1. The van der Waals surface area contributed by atoms with E-state index in [4.69, 9.17) is 9.52 Å². The topological polar surface area (TPSA) is 91.6 Å². The number of nitrogens with one attached hydrogen (secondary N) is 2. The molecule has 2 rings (SSSR count). The van der Waals surface area contributed by atoms with Crippen molar-refractivity contribution in [3.05, 3.63) is 23.7 Å². The summed E-state index contributed by atoms with van der Waals surface area (Å²) in [6, 6.07) is 2.91. The molecule has 0 unspecified atom stereocenters. The summed E-state index contributed by atoms with van der Waals surface area (Å²) < 4.78 is 5.00. The molecule has 0 bridgehead atoms. The molecular weight excluding hydrogens is 212 g/mol. The van der Waals surface area contributed by atoms with Crippen LogP contribution in [-0.4, -0.2) is 30.1 Å². The molecule has 1 aromatic rings. The number of aromatic carboxylic acids is 1. The van der Waals surface area contributed by atoms with Crippen molar-refractivity contribution in [1.29, 1.82) is 0 Å². The Labute approximate surface area is 91.6 Å². The highest BCUT2D eigenvalue weighted by molar-refractivity contribution is 5.84. The van der Waals surface area contributed by atoms with Gasteiger partial charge in [0.05, 0.1) is 12.5 Å². The fraction of sp³-hybridized carbons (Fsp3) is 0.400. The fourth-order valence-electron chi connectivity index (χ4n) is 1.38. The average Bonchev–Trinajstić information content (AvgIpc) is 2.60. The van der Waals surface area contributed by atoms with E-state index in [2.05, 4.69) is 10.6 Å². The molecule has 1 aliphatic heterocycles. The molecule has 86 valence electrons. The highest BCUT2D eigenvalue weighted by Gasteiger charge is 2.24. The van der Waals surface area contributed by atoms with E-state index < -0.39 is 5.97 Å². The number of carbonyl (C=O) groups excluding carboxylic acids is 1. The molecule has 1 aromatic heterocycles. The van der Waals surface area contributed by atoms with Gasteiger partial charge in [-0.25, -0.2) is 4.79 Å². The first kappa shape index (κ1) is 10.7. The Morgan fingerprint density at radius 2 is 2.25 bits per heavy atom. The molecule has 0 aromatic carbocycles. The van der Waals surface area contributed by atoms with Crippen molar-refractivity contribution < 1.29 is 19.1 Å². The van der Waals surface area contributed by atoms with Crippen molar-refractivity contribution in [2.75, 3.05) is 13.1 Å². The Morgan fingerprint density at radius 3 is 2.75 bits per heavy atom. The summed E-state index contributed by atoms with van der Waals surface area (Å²) >= 11 is 0. The first-order chi connectivity index (χ1) is 7.66. The van der Waals surface area contributed by atoms with Crippen LogP contribution in [0, 0.1) is 5.92 Å². The van der Waals surface area contributed by atoms with E-state index in [0.717, 1.165) is 0 Å². The summed E-state index contributed by atoms with van der Waals surface area (Å²) in [6.45, 7) is 1.62. The molecule has 2 heterocycles. The number of hydrogen-bond acceptors (Lipinski definition) is 4. The van der Waals surface area contributed by atoms with Gasteiger partial charge in [-0.1, -0.05) is 0 Å². The van der Waals surface area contributed by atoms with E-state index >= 15 is 0 Å². The molecule has 0 radical (unpaired) electrons. The standard InChI is InChI=1S/C10H12N2O4/c13-9(6-3-11-4-6)12-5-7-1-2-8(16-7)10(14)15/h1-2,6,11H,3-5H2,(H,12,13)(H,14,15). The summed E-state index contributed by atoms with van der Waals surface area (Å²) in [5.74, 6) is -0.797. The molecule has 6 heteroatoms. The van der Waals surface area contributed by atoms with Gasteiger partial charge in [-0.2, -0.15) is 0 Å². The van der Waals surface area contributed by atoms with Gasteiger partial charge in [0, 0.05) is 13.1 Å². The lowest BCUT2D eigenvalue weighted by atomic mass is 10.0. The van der Waals surface area contributed by atoms with Crippen molar-refractivity contribution in [2.45, 2.75) is 6.54 Å². The summed E-state index contributed by atoms with van der Waals surface area (Å²) in [5, 5.41) is 14.3. The van der Waals surface area contributed by atoms with Gasteiger partial charge in [0.25, 0.3) is 0 Å². The number of carbonyl (C=O) groups is 2. The van der Waals surface area contributed by atoms with Crippen LogP contribution in [0.2, 0.25) is 0 Å². The summed E-state index contributed by atoms with van der Waals surface area (Å²) in [4.78, 5) is 22.0. The van der Waals surface area contributed by atoms with Crippen LogP contribution in [0.25, 0.3) is 0 Å². The first-order valence-corrected chi connectivity index (χ1v) is 4.97. The SMILES string of the molecule is O=C(O)c1ccc(CNC(=O)C2CNC2)o1. The minimum absolute atomic E-state index is 0.0221. The molecule has 0 spiro atoms. The van der Waals surface area contributed by atoms with Gasteiger partial charge in [-0.05, 0) is 12.1 Å². The maximum Gasteiger partial charge on any atom is 0.371 e. The van der Waals surface area contributed by atoms with Gasteiger partial charge in [0.1, 0.15) is 5.76 Å². The Bertz CT molecular complexity index is 409. The zero-order valence-electron chi connectivity index (χ0n) is 8.53. The van der Waals surface area contributed by atoms with Crippen LogP contribution in [0.15, 0.2) is 16.5 Å². The van der Waals surface area contributed by atoms with Crippen molar-refractivity contribution >= 4 is 11.9 Å². The van der Waals surface area contributed by atoms with Crippen LogP contribution in [0.5, 0.6) is 0 Å². The molecule has 1 aliphatic rings. The largest absolute Gasteiger partial charge is 0.475 e. The molecule has 0 saturated carbocycles. The highest BCUT2D eigenvalue weighted by Crippen LogP contribution is 2.08. The number of furan rings is 1. The molecule has 3 N–H and O–H groups in total. The molecule has 0 atom stereocenters. The maximum absolute atomic E-state index is 11.4. The summed E-state index contributed by atoms with van der Waals surface area (Å²) in [5.41, 5.74) is 0. The van der Waals surface area contributed by atoms with Gasteiger partial charge in [0.2, 0.25) is 11.7 Å². The Morgan fingerprint density at radius 1 is 1.50 bits per heavy atom. The lowest BCUT2D eigenvalue weighted by Gasteiger charge is -2.25. The number of hydrogen-bond donors (Lipinski definition) is 3. The van der Waals surface area contributed by atoms with E-state index in [1.54, 1.807) is 6.07 Å². The van der Waals surface area contributed by atoms with Crippen LogP contribution in [0.3, 0.4) is 0 Å². The zero-order valence-corrected chi connectivity index (χ0v) is 8.53. The fourth-order valence-corrected chi connectivity index (χ4v) is 1.38. The molecular formula is C10H12N2O4. The molecule has 6 nitrogen and oxygen atoms in total. The maximum atomic E-state index is 11.4. The Balaban J connectivity index is 1.84. The van der Waals surface area contributed by atoms with Gasteiger partial charge in [0.15, 0.2) is 0 Å². The van der Waals surface area contributed by atoms with E-state index in [1.807, 2.05) is 0 Å². The van der Waals surface area contributed by atoms with Crippen molar-refractivity contribution in [1.82, 2.24) is 10.6 Å². The van der Waals surface area contributed by atoms with E-state index in [-0.39, 0.29) is 24.1 Å². The van der Waals surface area contributed by atoms with Crippen LogP contribution in [0.1, 0.15) is 16.3 Å². The third-order valence-corrected chi connectivity index (χ3v) is 2.46. The van der Waals surface area contributed by atoms with Crippen molar-refractivity contribution in [3.63, 3.8) is 0 Å². The molecule has 1 amide bonds. The van der Waals surface area contributed by atoms with Gasteiger partial charge < -0.3 is 20.2 Å². The highest BCUT2D eigenvalue weighted by atomic mass is 16.4. The minimum atomic E-state index is -1.11. The van der Waals surface area contributed by atoms with Crippen LogP contribution in [-0.2, 0) is 11.3 Å². The summed E-state index contributed by atoms with van der Waals surface area (Å²) in [7, 11) is 0. The molecule has 1 fully saturated rings. The zero-order chi connectivity index (χ0) is 11.5. The number of carboxylic acids is 1. The van der Waals surface area contributed by atoms with Gasteiger partial charge in [-0.15, -0.1) is 0 Å². The third-order valence-electron chi connectivity index (χ3n) is 2.46. The lowest BCUT2D eigenvalue weighted by molar-refractivity contribution is -0.126. The molecule has 0 aliphatic carbocycles. The second kappa shape index (κ2) is 4.36. The third kappa shape index (κ3) is 2.22. The predicted octanol–water partition coefficient (Wildman–Crippen LogP) is -0.187. The second-order valence-corrected chi connectivity index (χ2v) is 3.64. The van der Waals surface area contributed by atoms with Crippen LogP contribution >= 0.6 is 0 Å². The van der Waals surface area contributed by atoms with E-state index in [0.29, 0.717) is 18.8 Å². The number of amides is 1. The monoisotopic (exact) mass is 224 g/mol. The minimum Gasteiger partial charge on any atom is -0.475 e. The second-order valence-electron chi connectivity index (χ2n) is 3.64. The normalized spacial score (nSPS) is 15.5. The first-order valence-electron chi connectivity index (χ1n) is 4.97. The average molecular weight is 224 g/mol. The Kier molecular flexibility index (Phi) is 2.91. The molecule has 16 heavy (non-hydrogen) atoms. The van der Waals surface area contributed by atoms with Gasteiger partial charge in [-0.3, -0.25) is 4.79 Å². The predicted molar refractivity (Wildman–Crippen MR) is 53.9 cm³/mol. The van der Waals surface area contributed by atoms with Gasteiger partial charge >= 0.3 is 5.97 Å². The lowest BCUT2D eigenvalue weighted by Crippen LogP contribution is -2.50. The van der Waals surface area contributed by atoms with E-state index in [1.165, 1.54) is 6.07 Å². The molecule has 1 saturated heterocycles. The quantitative estimate of drug-likeness (QED) is 0.659. The van der Waals surface area contributed by atoms with Crippen molar-refractivity contribution in [2.24, 2.45) is 5.92 Å². The Hall–Kier alpha value is -1.82. The smallest absolute Gasteiger partial charge is 0.371 e. The van der Waals surface area contributed by atoms with Crippen LogP contribution < -0.4 is 10.6 Å². The van der Waals surface area contributed by atoms with Crippen molar-refractivity contribution in [3.8, 4) is 0 Å². The number of rotatable bonds is 4. The van der Waals surface area contributed by atoms with Crippen LogP contribution in [0.4, 0.5) is 0 Å².